The molecule has 2 heterocycles. The molecular formula is C14H11FN2O3S. The summed E-state index contributed by atoms with van der Waals surface area (Å²) in [5.74, 6) is -0.299. The summed E-state index contributed by atoms with van der Waals surface area (Å²) in [7, 11) is 0. The summed E-state index contributed by atoms with van der Waals surface area (Å²) in [4.78, 5) is 18.6. The van der Waals surface area contributed by atoms with Crippen molar-refractivity contribution in [3.8, 4) is 5.75 Å². The Balaban J connectivity index is 1.88. The Morgan fingerprint density at radius 3 is 3.05 bits per heavy atom. The maximum atomic E-state index is 13.7. The Hall–Kier alpha value is -2.25. The predicted molar refractivity (Wildman–Crippen MR) is 76.9 cm³/mol. The Morgan fingerprint density at radius 2 is 2.24 bits per heavy atom. The van der Waals surface area contributed by atoms with E-state index in [9.17, 15) is 14.3 Å². The van der Waals surface area contributed by atoms with Crippen LogP contribution in [-0.4, -0.2) is 15.1 Å². The van der Waals surface area contributed by atoms with Crippen molar-refractivity contribution < 1.29 is 14.2 Å². The fourth-order valence-electron chi connectivity index (χ4n) is 1.97. The summed E-state index contributed by atoms with van der Waals surface area (Å²) in [6.45, 7) is -0.421. The molecule has 0 bridgehead atoms. The zero-order valence-corrected chi connectivity index (χ0v) is 11.6. The molecule has 0 saturated heterocycles. The van der Waals surface area contributed by atoms with Gasteiger partial charge in [-0.1, -0.05) is 12.1 Å². The SMILES string of the molecule is O=c1[nH]c(COc2c(F)cccc2CO)nc2ccsc12. The van der Waals surface area contributed by atoms with Gasteiger partial charge in [0.05, 0.1) is 12.1 Å². The molecule has 0 radical (unpaired) electrons. The molecule has 0 aliphatic heterocycles. The Labute approximate surface area is 122 Å². The predicted octanol–water partition coefficient (Wildman–Crippen LogP) is 2.19. The molecule has 0 fully saturated rings. The van der Waals surface area contributed by atoms with Crippen LogP contribution in [0.15, 0.2) is 34.4 Å². The van der Waals surface area contributed by atoms with Crippen LogP contribution >= 0.6 is 11.3 Å². The molecule has 3 rings (SSSR count). The number of aromatic nitrogens is 2. The standard InChI is InChI=1S/C14H11FN2O3S/c15-9-3-1-2-8(6-18)12(9)20-7-11-16-10-4-5-21-13(10)14(19)17-11/h1-5,18H,6-7H2,(H,16,17,19). The number of thiophene rings is 1. The molecule has 21 heavy (non-hydrogen) atoms. The molecule has 7 heteroatoms. The number of nitrogens with one attached hydrogen (secondary N) is 1. The van der Waals surface area contributed by atoms with E-state index in [-0.39, 0.29) is 24.5 Å². The van der Waals surface area contributed by atoms with Crippen LogP contribution < -0.4 is 10.3 Å². The van der Waals surface area contributed by atoms with E-state index in [1.807, 2.05) is 0 Å². The molecule has 0 atom stereocenters. The maximum absolute atomic E-state index is 13.7. The summed E-state index contributed by atoms with van der Waals surface area (Å²) in [5.41, 5.74) is 0.678. The highest BCUT2D eigenvalue weighted by Gasteiger charge is 2.11. The molecule has 108 valence electrons. The molecule has 0 saturated carbocycles. The second kappa shape index (κ2) is 5.63. The molecule has 0 amide bonds. The first-order valence-corrected chi connectivity index (χ1v) is 7.04. The number of ether oxygens (including phenoxy) is 1. The van der Waals surface area contributed by atoms with Crippen molar-refractivity contribution in [2.45, 2.75) is 13.2 Å². The lowest BCUT2D eigenvalue weighted by Gasteiger charge is -2.10. The Morgan fingerprint density at radius 1 is 1.38 bits per heavy atom. The Bertz CT molecular complexity index is 844. The first-order valence-electron chi connectivity index (χ1n) is 6.16. The molecule has 2 N–H and O–H groups in total. The van der Waals surface area contributed by atoms with Crippen LogP contribution in [0.5, 0.6) is 5.75 Å². The molecule has 5 nitrogen and oxygen atoms in total. The van der Waals surface area contributed by atoms with Crippen LogP contribution in [0, 0.1) is 5.82 Å². The molecule has 2 aromatic heterocycles. The summed E-state index contributed by atoms with van der Waals surface area (Å²) >= 11 is 1.31. The number of H-pyrrole nitrogens is 1. The van der Waals surface area contributed by atoms with Crippen molar-refractivity contribution in [1.82, 2.24) is 9.97 Å². The van der Waals surface area contributed by atoms with Gasteiger partial charge in [-0.2, -0.15) is 0 Å². The first-order chi connectivity index (χ1) is 10.2. The number of fused-ring (bicyclic) bond motifs is 1. The highest BCUT2D eigenvalue weighted by atomic mass is 32.1. The lowest BCUT2D eigenvalue weighted by atomic mass is 10.2. The molecule has 0 aliphatic rings. The van der Waals surface area contributed by atoms with E-state index >= 15 is 0 Å². The lowest BCUT2D eigenvalue weighted by Crippen LogP contribution is -2.13. The van der Waals surface area contributed by atoms with Gasteiger partial charge in [0.15, 0.2) is 11.6 Å². The van der Waals surface area contributed by atoms with Crippen molar-refractivity contribution in [3.05, 3.63) is 57.2 Å². The number of aromatic amines is 1. The van der Waals surface area contributed by atoms with Crippen molar-refractivity contribution in [2.24, 2.45) is 0 Å². The molecular weight excluding hydrogens is 295 g/mol. The number of rotatable bonds is 4. The van der Waals surface area contributed by atoms with E-state index in [0.717, 1.165) is 0 Å². The number of hydrogen-bond donors (Lipinski definition) is 2. The highest BCUT2D eigenvalue weighted by Crippen LogP contribution is 2.23. The largest absolute Gasteiger partial charge is 0.482 e. The zero-order valence-electron chi connectivity index (χ0n) is 10.8. The van der Waals surface area contributed by atoms with E-state index in [1.165, 1.54) is 23.5 Å². The van der Waals surface area contributed by atoms with Crippen LogP contribution in [0.2, 0.25) is 0 Å². The lowest BCUT2D eigenvalue weighted by molar-refractivity contribution is 0.247. The van der Waals surface area contributed by atoms with E-state index in [1.54, 1.807) is 17.5 Å². The van der Waals surface area contributed by atoms with Crippen molar-refractivity contribution in [3.63, 3.8) is 0 Å². The number of hydrogen-bond acceptors (Lipinski definition) is 5. The summed E-state index contributed by atoms with van der Waals surface area (Å²) in [6.07, 6.45) is 0. The number of nitrogens with zero attached hydrogens (tertiary/aromatic N) is 1. The summed E-state index contributed by atoms with van der Waals surface area (Å²) in [6, 6.07) is 6.04. The van der Waals surface area contributed by atoms with E-state index in [2.05, 4.69) is 9.97 Å². The van der Waals surface area contributed by atoms with Crippen LogP contribution in [0.3, 0.4) is 0 Å². The van der Waals surface area contributed by atoms with Crippen molar-refractivity contribution >= 4 is 21.6 Å². The third-order valence-corrected chi connectivity index (χ3v) is 3.84. The molecule has 0 spiro atoms. The maximum Gasteiger partial charge on any atom is 0.268 e. The molecule has 3 aromatic rings. The Kier molecular flexibility index (Phi) is 3.68. The van der Waals surface area contributed by atoms with Crippen LogP contribution in [0.25, 0.3) is 10.2 Å². The summed E-state index contributed by atoms with van der Waals surface area (Å²) < 4.78 is 19.6. The average molecular weight is 306 g/mol. The first kappa shape index (κ1) is 13.7. The fourth-order valence-corrected chi connectivity index (χ4v) is 2.70. The van der Waals surface area contributed by atoms with Gasteiger partial charge < -0.3 is 14.8 Å². The number of halogens is 1. The summed E-state index contributed by atoms with van der Waals surface area (Å²) in [5, 5.41) is 11.0. The normalized spacial score (nSPS) is 11.0. The number of para-hydroxylation sites is 1. The van der Waals surface area contributed by atoms with Gasteiger partial charge >= 0.3 is 0 Å². The van der Waals surface area contributed by atoms with Crippen molar-refractivity contribution in [1.29, 1.82) is 0 Å². The molecule has 0 unspecified atom stereocenters. The van der Waals surface area contributed by atoms with Gasteiger partial charge in [-0.3, -0.25) is 4.79 Å². The van der Waals surface area contributed by atoms with E-state index in [4.69, 9.17) is 4.74 Å². The zero-order chi connectivity index (χ0) is 14.8. The second-order valence-electron chi connectivity index (χ2n) is 4.32. The number of aliphatic hydroxyl groups is 1. The number of aliphatic hydroxyl groups excluding tert-OH is 1. The van der Waals surface area contributed by atoms with Gasteiger partial charge in [-0.05, 0) is 17.5 Å². The van der Waals surface area contributed by atoms with Gasteiger partial charge in [0.1, 0.15) is 17.1 Å². The van der Waals surface area contributed by atoms with E-state index < -0.39 is 5.82 Å². The van der Waals surface area contributed by atoms with Crippen LogP contribution in [-0.2, 0) is 13.2 Å². The van der Waals surface area contributed by atoms with Gasteiger partial charge in [-0.25, -0.2) is 9.37 Å². The van der Waals surface area contributed by atoms with Gasteiger partial charge in [0, 0.05) is 5.56 Å². The van der Waals surface area contributed by atoms with Crippen LogP contribution in [0.1, 0.15) is 11.4 Å². The smallest absolute Gasteiger partial charge is 0.268 e. The van der Waals surface area contributed by atoms with E-state index in [0.29, 0.717) is 21.6 Å². The highest BCUT2D eigenvalue weighted by molar-refractivity contribution is 7.17. The topological polar surface area (TPSA) is 75.2 Å². The minimum Gasteiger partial charge on any atom is -0.482 e. The van der Waals surface area contributed by atoms with Gasteiger partial charge in [0.25, 0.3) is 5.56 Å². The minimum atomic E-state index is -0.569. The molecule has 1 aromatic carbocycles. The molecule has 0 aliphatic carbocycles. The quantitative estimate of drug-likeness (QED) is 0.775. The fraction of sp³-hybridized carbons (Fsp3) is 0.143. The third-order valence-electron chi connectivity index (χ3n) is 2.94. The monoisotopic (exact) mass is 306 g/mol. The average Bonchev–Trinajstić information content (AvgIpc) is 2.94. The van der Waals surface area contributed by atoms with Crippen molar-refractivity contribution in [2.75, 3.05) is 0 Å². The third kappa shape index (κ3) is 2.65. The minimum absolute atomic E-state index is 0.0342. The van der Waals surface area contributed by atoms with Crippen LogP contribution in [0.4, 0.5) is 4.39 Å². The second-order valence-corrected chi connectivity index (χ2v) is 5.24. The number of benzene rings is 1. The van der Waals surface area contributed by atoms with Gasteiger partial charge in [-0.15, -0.1) is 11.3 Å². The van der Waals surface area contributed by atoms with Gasteiger partial charge in [0.2, 0.25) is 0 Å².